The first-order valence-electron chi connectivity index (χ1n) is 22.7. The zero-order chi connectivity index (χ0) is 43.4. The molecule has 1 spiro atoms. The highest BCUT2D eigenvalue weighted by molar-refractivity contribution is 6.10. The maximum Gasteiger partial charge on any atom is 0.136 e. The predicted octanol–water partition coefficient (Wildman–Crippen LogP) is 17.2. The Morgan fingerprint density at radius 1 is 0.385 bits per heavy atom. The summed E-state index contributed by atoms with van der Waals surface area (Å²) in [5.41, 5.74) is 21.2. The molecular formula is C63H45NO. The van der Waals surface area contributed by atoms with Crippen LogP contribution in [-0.2, 0) is 10.8 Å². The zero-order valence-corrected chi connectivity index (χ0v) is 36.6. The van der Waals surface area contributed by atoms with Crippen LogP contribution in [0.5, 0.6) is 0 Å². The molecule has 11 aromatic rings. The molecular weight excluding hydrogens is 787 g/mol. The number of anilines is 3. The molecule has 0 atom stereocenters. The Morgan fingerprint density at radius 3 is 1.58 bits per heavy atom. The number of nitrogens with zero attached hydrogens (tertiary/aromatic N) is 1. The lowest BCUT2D eigenvalue weighted by Gasteiger charge is -2.32. The molecule has 0 unspecified atom stereocenters. The van der Waals surface area contributed by atoms with Crippen LogP contribution in [0, 0.1) is 0 Å². The number of para-hydroxylation sites is 1. The van der Waals surface area contributed by atoms with E-state index in [1.165, 1.54) is 72.0 Å². The number of rotatable bonds is 5. The van der Waals surface area contributed by atoms with Crippen LogP contribution < -0.4 is 4.90 Å². The minimum Gasteiger partial charge on any atom is -0.456 e. The summed E-state index contributed by atoms with van der Waals surface area (Å²) in [4.78, 5) is 2.47. The van der Waals surface area contributed by atoms with Crippen molar-refractivity contribution in [2.75, 3.05) is 4.90 Å². The van der Waals surface area contributed by atoms with Crippen molar-refractivity contribution in [2.24, 2.45) is 0 Å². The van der Waals surface area contributed by atoms with Gasteiger partial charge in [-0.05, 0) is 131 Å². The van der Waals surface area contributed by atoms with Gasteiger partial charge < -0.3 is 9.32 Å². The summed E-state index contributed by atoms with van der Waals surface area (Å²) >= 11 is 0. The van der Waals surface area contributed by atoms with Crippen molar-refractivity contribution in [3.05, 3.63) is 246 Å². The van der Waals surface area contributed by atoms with E-state index < -0.39 is 5.41 Å². The fourth-order valence-corrected chi connectivity index (χ4v) is 11.3. The molecule has 0 saturated heterocycles. The van der Waals surface area contributed by atoms with Crippen LogP contribution in [0.15, 0.2) is 223 Å². The molecule has 13 rings (SSSR count). The number of hydrogen-bond donors (Lipinski definition) is 0. The van der Waals surface area contributed by atoms with Gasteiger partial charge in [-0.25, -0.2) is 0 Å². The van der Waals surface area contributed by atoms with Gasteiger partial charge in [0.2, 0.25) is 0 Å². The molecule has 2 heteroatoms. The van der Waals surface area contributed by atoms with Crippen LogP contribution in [0.1, 0.15) is 48.6 Å². The molecule has 0 saturated carbocycles. The topological polar surface area (TPSA) is 16.4 Å². The van der Waals surface area contributed by atoms with Crippen molar-refractivity contribution in [1.29, 1.82) is 0 Å². The summed E-state index contributed by atoms with van der Waals surface area (Å²) in [6.45, 7) is 6.80. The van der Waals surface area contributed by atoms with Gasteiger partial charge in [0.05, 0.1) is 11.1 Å². The Bertz CT molecular complexity index is 3650. The highest BCUT2D eigenvalue weighted by Crippen LogP contribution is 2.63. The molecule has 0 radical (unpaired) electrons. The first kappa shape index (κ1) is 37.6. The molecule has 65 heavy (non-hydrogen) atoms. The fourth-order valence-electron chi connectivity index (χ4n) is 11.3. The average molecular weight is 832 g/mol. The van der Waals surface area contributed by atoms with E-state index in [0.29, 0.717) is 0 Å². The number of fused-ring (bicyclic) bond motifs is 14. The molecule has 2 aliphatic rings. The molecule has 2 nitrogen and oxygen atoms in total. The minimum absolute atomic E-state index is 0.0932. The lowest BCUT2D eigenvalue weighted by molar-refractivity contribution is 0.590. The largest absolute Gasteiger partial charge is 0.456 e. The van der Waals surface area contributed by atoms with Crippen LogP contribution in [0.4, 0.5) is 17.1 Å². The van der Waals surface area contributed by atoms with E-state index in [0.717, 1.165) is 50.1 Å². The molecule has 308 valence electrons. The molecule has 0 amide bonds. The van der Waals surface area contributed by atoms with Gasteiger partial charge in [0, 0.05) is 27.7 Å². The van der Waals surface area contributed by atoms with Gasteiger partial charge >= 0.3 is 0 Å². The van der Waals surface area contributed by atoms with Crippen molar-refractivity contribution in [1.82, 2.24) is 0 Å². The van der Waals surface area contributed by atoms with E-state index in [2.05, 4.69) is 238 Å². The number of hydrogen-bond acceptors (Lipinski definition) is 2. The van der Waals surface area contributed by atoms with E-state index in [1.54, 1.807) is 0 Å². The average Bonchev–Trinajstić information content (AvgIpc) is 3.98. The maximum atomic E-state index is 6.54. The Labute approximate surface area is 379 Å². The molecule has 0 bridgehead atoms. The zero-order valence-electron chi connectivity index (χ0n) is 36.6. The molecule has 1 heterocycles. The number of furan rings is 1. The summed E-state index contributed by atoms with van der Waals surface area (Å²) in [6, 6.07) is 81.0. The van der Waals surface area contributed by atoms with Crippen LogP contribution in [0.25, 0.3) is 77.2 Å². The first-order chi connectivity index (χ1) is 31.9. The first-order valence-corrected chi connectivity index (χ1v) is 22.7. The summed E-state index contributed by atoms with van der Waals surface area (Å²) < 4.78 is 6.54. The highest BCUT2D eigenvalue weighted by atomic mass is 16.3. The van der Waals surface area contributed by atoms with Gasteiger partial charge in [-0.3, -0.25) is 0 Å². The van der Waals surface area contributed by atoms with Gasteiger partial charge in [-0.15, -0.1) is 0 Å². The second-order valence-electron chi connectivity index (χ2n) is 18.8. The van der Waals surface area contributed by atoms with Crippen molar-refractivity contribution >= 4 is 49.8 Å². The van der Waals surface area contributed by atoms with E-state index >= 15 is 0 Å². The van der Waals surface area contributed by atoms with Crippen molar-refractivity contribution in [2.45, 2.75) is 31.6 Å². The molecule has 10 aromatic carbocycles. The molecule has 2 aliphatic carbocycles. The smallest absolute Gasteiger partial charge is 0.136 e. The fraction of sp³-hybridized carbons (Fsp3) is 0.0794. The molecule has 1 aromatic heterocycles. The lowest BCUT2D eigenvalue weighted by atomic mass is 9.70. The van der Waals surface area contributed by atoms with Crippen molar-refractivity contribution < 1.29 is 4.42 Å². The molecule has 0 aliphatic heterocycles. The predicted molar refractivity (Wildman–Crippen MR) is 272 cm³/mol. The second-order valence-corrected chi connectivity index (χ2v) is 18.8. The minimum atomic E-state index is -0.414. The van der Waals surface area contributed by atoms with E-state index in [9.17, 15) is 0 Å². The Kier molecular flexibility index (Phi) is 8.12. The Morgan fingerprint density at radius 2 is 0.908 bits per heavy atom. The quantitative estimate of drug-likeness (QED) is 0.172. The molecule has 0 fully saturated rings. The third-order valence-corrected chi connectivity index (χ3v) is 14.3. The normalized spacial score (nSPS) is 13.3. The number of benzene rings is 10. The Hall–Kier alpha value is -7.94. The molecule has 0 N–H and O–H groups in total. The van der Waals surface area contributed by atoms with Gasteiger partial charge in [0.25, 0.3) is 0 Å². The highest BCUT2D eigenvalue weighted by Gasteiger charge is 2.51. The van der Waals surface area contributed by atoms with Gasteiger partial charge in [0.15, 0.2) is 0 Å². The summed E-state index contributed by atoms with van der Waals surface area (Å²) in [7, 11) is 0. The van der Waals surface area contributed by atoms with Crippen molar-refractivity contribution in [3.8, 4) is 44.5 Å². The van der Waals surface area contributed by atoms with Gasteiger partial charge in [-0.2, -0.15) is 0 Å². The standard InChI is InChI=1S/C63H45NO/c1-62(2,3)44-30-24-40(25-31-44)41-26-32-45(33-27-41)64(58-37-29-42-14-4-5-15-47(42)61(58)43-28-35-52-51-19-9-13-23-59(51)65-60(52)38-43)46-34-36-57-53(39-46)50-18-8-12-22-56(50)63(57)54-20-10-6-16-48(54)49-17-7-11-21-55(49)63/h4-39H,1-3H3. The third-order valence-electron chi connectivity index (χ3n) is 14.3. The summed E-state index contributed by atoms with van der Waals surface area (Å²) in [6.07, 6.45) is 0. The van der Waals surface area contributed by atoms with Gasteiger partial charge in [-0.1, -0.05) is 191 Å². The van der Waals surface area contributed by atoms with Crippen LogP contribution in [-0.4, -0.2) is 0 Å². The summed E-state index contributed by atoms with van der Waals surface area (Å²) in [5.74, 6) is 0. The van der Waals surface area contributed by atoms with E-state index in [4.69, 9.17) is 4.42 Å². The SMILES string of the molecule is CC(C)(C)c1ccc(-c2ccc(N(c3ccc4c(c3)-c3ccccc3C43c4ccccc4-c4ccccc43)c3ccc4ccccc4c3-c3ccc4c(c3)oc3ccccc34)cc2)cc1. The van der Waals surface area contributed by atoms with E-state index in [1.807, 2.05) is 6.07 Å². The van der Waals surface area contributed by atoms with Crippen LogP contribution in [0.3, 0.4) is 0 Å². The second kappa shape index (κ2) is 14.0. The monoisotopic (exact) mass is 831 g/mol. The maximum absolute atomic E-state index is 6.54. The third kappa shape index (κ3) is 5.53. The van der Waals surface area contributed by atoms with Crippen molar-refractivity contribution in [3.63, 3.8) is 0 Å². The van der Waals surface area contributed by atoms with Crippen LogP contribution in [0.2, 0.25) is 0 Å². The van der Waals surface area contributed by atoms with Crippen LogP contribution >= 0.6 is 0 Å². The lowest BCUT2D eigenvalue weighted by Crippen LogP contribution is -2.25. The summed E-state index contributed by atoms with van der Waals surface area (Å²) in [5, 5.41) is 4.63. The van der Waals surface area contributed by atoms with E-state index in [-0.39, 0.29) is 5.41 Å². The van der Waals surface area contributed by atoms with Gasteiger partial charge in [0.1, 0.15) is 11.2 Å². The Balaban J connectivity index is 1.05.